The van der Waals surface area contributed by atoms with Crippen LogP contribution in [0, 0.1) is 0 Å². The molecule has 67 heavy (non-hydrogen) atoms. The number of hydrogen-bond acceptors (Lipinski definition) is 5. The first-order valence-electron chi connectivity index (χ1n) is 24.8. The highest BCUT2D eigenvalue weighted by molar-refractivity contribution is 6.18. The highest BCUT2D eigenvalue weighted by Gasteiger charge is 2.31. The van der Waals surface area contributed by atoms with Crippen molar-refractivity contribution in [1.82, 2.24) is 0 Å². The van der Waals surface area contributed by atoms with E-state index in [0.717, 1.165) is 51.0 Å². The third kappa shape index (κ3) is 10.5. The van der Waals surface area contributed by atoms with E-state index in [4.69, 9.17) is 35.3 Å². The molecular formula is C61H77ClO5. The molecule has 0 amide bonds. The average molecular weight is 926 g/mol. The van der Waals surface area contributed by atoms with Crippen LogP contribution >= 0.6 is 11.6 Å². The van der Waals surface area contributed by atoms with E-state index in [1.54, 1.807) is 0 Å². The Labute approximate surface area is 408 Å². The third-order valence-corrected chi connectivity index (χ3v) is 14.1. The molecule has 5 aromatic carbocycles. The molecule has 0 radical (unpaired) electrons. The minimum Gasteiger partial charge on any atom is -0.492 e. The molecule has 0 atom stereocenters. The molecule has 5 aromatic rings. The van der Waals surface area contributed by atoms with Crippen molar-refractivity contribution in [3.8, 4) is 28.7 Å². The first kappa shape index (κ1) is 48.8. The van der Waals surface area contributed by atoms with Gasteiger partial charge in [0, 0.05) is 32.1 Å². The molecule has 2 aliphatic heterocycles. The van der Waals surface area contributed by atoms with Crippen molar-refractivity contribution in [2.24, 2.45) is 0 Å². The second-order valence-corrected chi connectivity index (χ2v) is 25.1. The van der Waals surface area contributed by atoms with Crippen LogP contribution in [0.1, 0.15) is 187 Å². The summed E-state index contributed by atoms with van der Waals surface area (Å²) in [6, 6.07) is 23.9. The van der Waals surface area contributed by atoms with Crippen LogP contribution in [0.5, 0.6) is 28.7 Å². The fraction of sp³-hybridized carbons (Fsp3) is 0.508. The van der Waals surface area contributed by atoms with Crippen molar-refractivity contribution in [2.75, 3.05) is 38.9 Å². The van der Waals surface area contributed by atoms with E-state index in [9.17, 15) is 0 Å². The van der Waals surface area contributed by atoms with Crippen LogP contribution in [0.15, 0.2) is 60.7 Å². The van der Waals surface area contributed by atoms with Gasteiger partial charge in [-0.05, 0) is 111 Å². The Morgan fingerprint density at radius 2 is 0.537 bits per heavy atom. The summed E-state index contributed by atoms with van der Waals surface area (Å²) in [5.74, 6) is 5.05. The molecule has 1 aliphatic carbocycles. The van der Waals surface area contributed by atoms with Gasteiger partial charge in [0.15, 0.2) is 0 Å². The molecule has 14 bridgehead atoms. The van der Waals surface area contributed by atoms with Gasteiger partial charge in [-0.25, -0.2) is 0 Å². The Hall–Kier alpha value is -4.61. The van der Waals surface area contributed by atoms with E-state index in [0.29, 0.717) is 71.0 Å². The van der Waals surface area contributed by atoms with Crippen molar-refractivity contribution in [2.45, 2.75) is 163 Å². The topological polar surface area (TPSA) is 46.2 Å². The summed E-state index contributed by atoms with van der Waals surface area (Å²) in [5.41, 5.74) is 17.4. The first-order chi connectivity index (χ1) is 31.3. The lowest BCUT2D eigenvalue weighted by Crippen LogP contribution is -2.17. The van der Waals surface area contributed by atoms with Crippen molar-refractivity contribution >= 4 is 11.6 Å². The lowest BCUT2D eigenvalue weighted by Gasteiger charge is -2.28. The highest BCUT2D eigenvalue weighted by Crippen LogP contribution is 2.46. The number of alkyl halides is 1. The molecule has 0 saturated carbocycles. The molecule has 6 heteroatoms. The standard InChI is InChI=1S/C61H77ClO5/c1-57(2,3)47-27-37-22-39-29-48(58(4,5)6)31-41-24-43-33-50(60(10,11)12)35-45(55(43)66-20-18-64-53(39)41)26-46-36-51(61(13,14)15)34-44-25-42-32-49(59(7,8)9)30-40(54(42)65-19-21-67-56(44)46)23-38(28-47)52(37)63-17-16-62/h27-36H,16-26H2,1-15H3. The maximum Gasteiger partial charge on any atom is 0.126 e. The molecule has 8 rings (SSSR count). The predicted octanol–water partition coefficient (Wildman–Crippen LogP) is 14.6. The van der Waals surface area contributed by atoms with Crippen LogP contribution in [-0.2, 0) is 59.2 Å². The first-order valence-corrected chi connectivity index (χ1v) is 25.3. The molecule has 0 spiro atoms. The normalized spacial score (nSPS) is 15.5. The Morgan fingerprint density at radius 3 is 0.731 bits per heavy atom. The number of benzene rings is 5. The van der Waals surface area contributed by atoms with Gasteiger partial charge in [-0.3, -0.25) is 0 Å². The van der Waals surface area contributed by atoms with Crippen LogP contribution in [0.2, 0.25) is 0 Å². The zero-order valence-electron chi connectivity index (χ0n) is 43.5. The molecule has 0 aromatic heterocycles. The zero-order chi connectivity index (χ0) is 48.4. The number of hydrogen-bond donors (Lipinski definition) is 0. The fourth-order valence-corrected chi connectivity index (χ4v) is 10.00. The Kier molecular flexibility index (Phi) is 13.2. The lowest BCUT2D eigenvalue weighted by molar-refractivity contribution is 0.214. The van der Waals surface area contributed by atoms with Gasteiger partial charge in [-0.1, -0.05) is 165 Å². The maximum atomic E-state index is 6.99. The maximum absolute atomic E-state index is 6.99. The monoisotopic (exact) mass is 925 g/mol. The quantitative estimate of drug-likeness (QED) is 0.166. The molecule has 0 saturated heterocycles. The van der Waals surface area contributed by atoms with E-state index in [1.165, 1.54) is 61.2 Å². The second kappa shape index (κ2) is 18.0. The SMILES string of the molecule is CC(C)(C)c1cc2c(OCCCl)c(c1)Cc1cc(C(C)(C)C)cc3c1OCCOc1c(cc(C(C)(C)C)cc1Cc1cc(C(C)(C)C)cc4c1OCCOc1c(cc(C(C)(C)C)cc1C4)C2)C3. The highest BCUT2D eigenvalue weighted by atomic mass is 35.5. The van der Waals surface area contributed by atoms with E-state index in [1.807, 2.05) is 0 Å². The van der Waals surface area contributed by atoms with E-state index >= 15 is 0 Å². The van der Waals surface area contributed by atoms with Gasteiger partial charge in [-0.15, -0.1) is 11.6 Å². The molecule has 3 aliphatic rings. The van der Waals surface area contributed by atoms with Gasteiger partial charge in [0.1, 0.15) is 61.8 Å². The second-order valence-electron chi connectivity index (χ2n) is 24.7. The molecule has 2 heterocycles. The molecule has 358 valence electrons. The zero-order valence-corrected chi connectivity index (χ0v) is 44.2. The summed E-state index contributed by atoms with van der Waals surface area (Å²) in [5, 5.41) is 0. The van der Waals surface area contributed by atoms with Crippen LogP contribution in [-0.4, -0.2) is 38.9 Å². The third-order valence-electron chi connectivity index (χ3n) is 13.9. The minimum absolute atomic E-state index is 0.108. The molecule has 0 fully saturated rings. The molecule has 5 nitrogen and oxygen atoms in total. The summed E-state index contributed by atoms with van der Waals surface area (Å²) in [7, 11) is 0. The summed E-state index contributed by atoms with van der Waals surface area (Å²) in [4.78, 5) is 0. The smallest absolute Gasteiger partial charge is 0.126 e. The van der Waals surface area contributed by atoms with Gasteiger partial charge in [0.25, 0.3) is 0 Å². The Morgan fingerprint density at radius 1 is 0.343 bits per heavy atom. The Bertz CT molecular complexity index is 2500. The van der Waals surface area contributed by atoms with Crippen LogP contribution in [0.25, 0.3) is 0 Å². The number of halogens is 1. The van der Waals surface area contributed by atoms with Gasteiger partial charge in [0.2, 0.25) is 0 Å². The van der Waals surface area contributed by atoms with Crippen LogP contribution < -0.4 is 23.7 Å². The lowest BCUT2D eigenvalue weighted by atomic mass is 9.79. The predicted molar refractivity (Wildman–Crippen MR) is 278 cm³/mol. The van der Waals surface area contributed by atoms with E-state index in [2.05, 4.69) is 165 Å². The van der Waals surface area contributed by atoms with Gasteiger partial charge in [-0.2, -0.15) is 0 Å². The number of fused-ring (bicyclic) bond motifs is 2. The number of ether oxygens (including phenoxy) is 5. The van der Waals surface area contributed by atoms with Crippen molar-refractivity contribution in [1.29, 1.82) is 0 Å². The molecular weight excluding hydrogens is 848 g/mol. The largest absolute Gasteiger partial charge is 0.492 e. The molecule has 0 unspecified atom stereocenters. The van der Waals surface area contributed by atoms with Crippen molar-refractivity contribution in [3.63, 3.8) is 0 Å². The fourth-order valence-electron chi connectivity index (χ4n) is 9.92. The van der Waals surface area contributed by atoms with Crippen LogP contribution in [0.4, 0.5) is 0 Å². The summed E-state index contributed by atoms with van der Waals surface area (Å²) in [6.45, 7) is 36.7. The van der Waals surface area contributed by atoms with Crippen LogP contribution in [0.3, 0.4) is 0 Å². The average Bonchev–Trinajstić information content (AvgIpc) is 3.36. The summed E-state index contributed by atoms with van der Waals surface area (Å²) < 4.78 is 34.8. The van der Waals surface area contributed by atoms with E-state index in [-0.39, 0.29) is 27.1 Å². The van der Waals surface area contributed by atoms with Crippen molar-refractivity contribution in [3.05, 3.63) is 144 Å². The van der Waals surface area contributed by atoms with E-state index < -0.39 is 0 Å². The van der Waals surface area contributed by atoms with Gasteiger partial charge >= 0.3 is 0 Å². The van der Waals surface area contributed by atoms with Gasteiger partial charge in [0.05, 0.1) is 5.88 Å². The van der Waals surface area contributed by atoms with Gasteiger partial charge < -0.3 is 23.7 Å². The minimum atomic E-state index is -0.137. The Balaban J connectivity index is 1.52. The summed E-state index contributed by atoms with van der Waals surface area (Å²) in [6.07, 6.45) is 3.26. The molecule has 0 N–H and O–H groups in total. The van der Waals surface area contributed by atoms with Crippen molar-refractivity contribution < 1.29 is 23.7 Å². The summed E-state index contributed by atoms with van der Waals surface area (Å²) >= 11 is 6.50. The number of rotatable bonds is 3.